The Kier molecular flexibility index (Phi) is 5.23. The number of nitrogens with zero attached hydrogens (tertiary/aromatic N) is 2. The van der Waals surface area contributed by atoms with Crippen molar-refractivity contribution in [2.75, 3.05) is 11.9 Å². The van der Waals surface area contributed by atoms with Gasteiger partial charge in [-0.25, -0.2) is 9.48 Å². The highest BCUT2D eigenvalue weighted by molar-refractivity contribution is 6.30. The molecule has 0 radical (unpaired) electrons. The molecular formula is C17H20ClN5O2. The molecule has 1 aromatic carbocycles. The molecule has 1 fully saturated rings. The molecular weight excluding hydrogens is 342 g/mol. The first kappa shape index (κ1) is 17.3. The summed E-state index contributed by atoms with van der Waals surface area (Å²) in [6, 6.07) is 6.54. The third kappa shape index (κ3) is 4.30. The Balaban J connectivity index is 1.67. The summed E-state index contributed by atoms with van der Waals surface area (Å²) in [5, 5.41) is 13.2. The standard InChI is InChI=1S/C17H20ClN5O2/c1-11-9-20-23(10-12-4-6-13(18)7-5-12)15(11)22-17(25)21-14-3-2-8-19-16(14)24/h4-7,9,14H,2-3,8,10H2,1H3,(H,19,24)(H2,21,22,25). The van der Waals surface area contributed by atoms with Crippen LogP contribution in [-0.2, 0) is 11.3 Å². The number of halogens is 1. The Morgan fingerprint density at radius 3 is 2.88 bits per heavy atom. The highest BCUT2D eigenvalue weighted by Gasteiger charge is 2.24. The van der Waals surface area contributed by atoms with Gasteiger partial charge in [-0.3, -0.25) is 10.1 Å². The number of amides is 3. The molecule has 1 aliphatic heterocycles. The van der Waals surface area contributed by atoms with Crippen molar-refractivity contribution in [2.24, 2.45) is 0 Å². The van der Waals surface area contributed by atoms with Gasteiger partial charge in [0.25, 0.3) is 0 Å². The number of aryl methyl sites for hydroxylation is 1. The highest BCUT2D eigenvalue weighted by Crippen LogP contribution is 2.17. The van der Waals surface area contributed by atoms with E-state index in [1.807, 2.05) is 31.2 Å². The molecule has 1 saturated heterocycles. The molecule has 25 heavy (non-hydrogen) atoms. The zero-order chi connectivity index (χ0) is 17.8. The van der Waals surface area contributed by atoms with E-state index in [4.69, 9.17) is 11.6 Å². The number of aromatic nitrogens is 2. The van der Waals surface area contributed by atoms with Gasteiger partial charge in [0, 0.05) is 17.1 Å². The van der Waals surface area contributed by atoms with Crippen molar-refractivity contribution in [1.29, 1.82) is 0 Å². The molecule has 0 spiro atoms. The van der Waals surface area contributed by atoms with Crippen molar-refractivity contribution in [3.63, 3.8) is 0 Å². The van der Waals surface area contributed by atoms with Crippen LogP contribution in [0.1, 0.15) is 24.0 Å². The van der Waals surface area contributed by atoms with Gasteiger partial charge in [-0.2, -0.15) is 5.10 Å². The molecule has 0 aliphatic carbocycles. The van der Waals surface area contributed by atoms with Gasteiger partial charge < -0.3 is 10.6 Å². The number of urea groups is 1. The van der Waals surface area contributed by atoms with Crippen LogP contribution >= 0.6 is 11.6 Å². The van der Waals surface area contributed by atoms with E-state index in [0.717, 1.165) is 17.5 Å². The normalized spacial score (nSPS) is 17.0. The van der Waals surface area contributed by atoms with Crippen LogP contribution in [0.3, 0.4) is 0 Å². The Morgan fingerprint density at radius 1 is 1.40 bits per heavy atom. The van der Waals surface area contributed by atoms with Gasteiger partial charge in [0.2, 0.25) is 5.91 Å². The third-order valence-electron chi connectivity index (χ3n) is 4.09. The lowest BCUT2D eigenvalue weighted by Crippen LogP contribution is -2.51. The van der Waals surface area contributed by atoms with Gasteiger partial charge in [-0.15, -0.1) is 0 Å². The quantitative estimate of drug-likeness (QED) is 0.780. The van der Waals surface area contributed by atoms with E-state index in [2.05, 4.69) is 21.0 Å². The first-order chi connectivity index (χ1) is 12.0. The maximum atomic E-state index is 12.3. The summed E-state index contributed by atoms with van der Waals surface area (Å²) in [5.41, 5.74) is 1.86. The topological polar surface area (TPSA) is 88.1 Å². The predicted octanol–water partition coefficient (Wildman–Crippen LogP) is 2.29. The summed E-state index contributed by atoms with van der Waals surface area (Å²) in [7, 11) is 0. The number of benzene rings is 1. The molecule has 3 rings (SSSR count). The maximum absolute atomic E-state index is 12.3. The molecule has 2 aromatic rings. The van der Waals surface area contributed by atoms with Crippen molar-refractivity contribution < 1.29 is 9.59 Å². The molecule has 132 valence electrons. The molecule has 3 amide bonds. The Hall–Kier alpha value is -2.54. The molecule has 1 aliphatic rings. The van der Waals surface area contributed by atoms with E-state index < -0.39 is 12.1 Å². The fourth-order valence-electron chi connectivity index (χ4n) is 2.74. The Morgan fingerprint density at radius 2 is 2.16 bits per heavy atom. The van der Waals surface area contributed by atoms with Crippen molar-refractivity contribution >= 4 is 29.4 Å². The molecule has 3 N–H and O–H groups in total. The van der Waals surface area contributed by atoms with Gasteiger partial charge >= 0.3 is 6.03 Å². The van der Waals surface area contributed by atoms with Crippen LogP contribution in [0.25, 0.3) is 0 Å². The zero-order valence-corrected chi connectivity index (χ0v) is 14.6. The second-order valence-corrected chi connectivity index (χ2v) is 6.48. The highest BCUT2D eigenvalue weighted by atomic mass is 35.5. The summed E-state index contributed by atoms with van der Waals surface area (Å²) in [6.07, 6.45) is 3.19. The number of hydrogen-bond donors (Lipinski definition) is 3. The Bertz CT molecular complexity index is 772. The maximum Gasteiger partial charge on any atom is 0.321 e. The van der Waals surface area contributed by atoms with Crippen molar-refractivity contribution in [3.05, 3.63) is 46.6 Å². The average molecular weight is 362 g/mol. The van der Waals surface area contributed by atoms with Crippen LogP contribution in [-0.4, -0.2) is 34.3 Å². The van der Waals surface area contributed by atoms with Crippen LogP contribution in [0, 0.1) is 6.92 Å². The minimum Gasteiger partial charge on any atom is -0.354 e. The number of piperidine rings is 1. The fraction of sp³-hybridized carbons (Fsp3) is 0.353. The summed E-state index contributed by atoms with van der Waals surface area (Å²) in [5.74, 6) is 0.455. The van der Waals surface area contributed by atoms with Gasteiger partial charge in [-0.1, -0.05) is 23.7 Å². The first-order valence-corrected chi connectivity index (χ1v) is 8.53. The Labute approximate surface area is 150 Å². The second kappa shape index (κ2) is 7.57. The lowest BCUT2D eigenvalue weighted by Gasteiger charge is -2.23. The summed E-state index contributed by atoms with van der Waals surface area (Å²) >= 11 is 5.90. The molecule has 1 unspecified atom stereocenters. The summed E-state index contributed by atoms with van der Waals surface area (Å²) in [4.78, 5) is 24.0. The van der Waals surface area contributed by atoms with E-state index in [9.17, 15) is 9.59 Å². The minimum atomic E-state index is -0.498. The van der Waals surface area contributed by atoms with Crippen molar-refractivity contribution in [2.45, 2.75) is 32.4 Å². The van der Waals surface area contributed by atoms with E-state index in [1.54, 1.807) is 10.9 Å². The number of rotatable bonds is 4. The number of carbonyl (C=O) groups is 2. The van der Waals surface area contributed by atoms with Gasteiger partial charge in [-0.05, 0) is 37.5 Å². The van der Waals surface area contributed by atoms with Gasteiger partial charge in [0.1, 0.15) is 11.9 Å². The summed E-state index contributed by atoms with van der Waals surface area (Å²) < 4.78 is 1.71. The molecule has 1 atom stereocenters. The number of anilines is 1. The van der Waals surface area contributed by atoms with Crippen LogP contribution < -0.4 is 16.0 Å². The van der Waals surface area contributed by atoms with Gasteiger partial charge in [0.15, 0.2) is 0 Å². The van der Waals surface area contributed by atoms with Crippen molar-refractivity contribution in [3.8, 4) is 0 Å². The largest absolute Gasteiger partial charge is 0.354 e. The predicted molar refractivity (Wildman–Crippen MR) is 95.7 cm³/mol. The summed E-state index contributed by atoms with van der Waals surface area (Å²) in [6.45, 7) is 3.03. The van der Waals surface area contributed by atoms with Gasteiger partial charge in [0.05, 0.1) is 12.7 Å². The number of nitrogens with one attached hydrogen (secondary N) is 3. The molecule has 1 aromatic heterocycles. The van der Waals surface area contributed by atoms with E-state index in [0.29, 0.717) is 30.4 Å². The lowest BCUT2D eigenvalue weighted by atomic mass is 10.1. The van der Waals surface area contributed by atoms with Crippen LogP contribution in [0.15, 0.2) is 30.5 Å². The fourth-order valence-corrected chi connectivity index (χ4v) is 2.86. The van der Waals surface area contributed by atoms with Crippen LogP contribution in [0.4, 0.5) is 10.6 Å². The number of carbonyl (C=O) groups excluding carboxylic acids is 2. The third-order valence-corrected chi connectivity index (χ3v) is 4.34. The first-order valence-electron chi connectivity index (χ1n) is 8.15. The number of hydrogen-bond acceptors (Lipinski definition) is 3. The monoisotopic (exact) mass is 361 g/mol. The molecule has 7 nitrogen and oxygen atoms in total. The molecule has 8 heteroatoms. The lowest BCUT2D eigenvalue weighted by molar-refractivity contribution is -0.124. The van der Waals surface area contributed by atoms with Crippen molar-refractivity contribution in [1.82, 2.24) is 20.4 Å². The molecule has 0 saturated carbocycles. The van der Waals surface area contributed by atoms with E-state index >= 15 is 0 Å². The zero-order valence-electron chi connectivity index (χ0n) is 13.9. The van der Waals surface area contributed by atoms with Crippen LogP contribution in [0.2, 0.25) is 5.02 Å². The van der Waals surface area contributed by atoms with E-state index in [1.165, 1.54) is 0 Å². The average Bonchev–Trinajstić information content (AvgIpc) is 2.92. The smallest absolute Gasteiger partial charge is 0.321 e. The second-order valence-electron chi connectivity index (χ2n) is 6.04. The molecule has 2 heterocycles. The minimum absolute atomic E-state index is 0.146. The SMILES string of the molecule is Cc1cnn(Cc2ccc(Cl)cc2)c1NC(=O)NC1CCCNC1=O. The van der Waals surface area contributed by atoms with E-state index in [-0.39, 0.29) is 5.91 Å². The van der Waals surface area contributed by atoms with Crippen LogP contribution in [0.5, 0.6) is 0 Å². The molecule has 0 bridgehead atoms.